The monoisotopic (exact) mass is 275 g/mol. The van der Waals surface area contributed by atoms with Crippen molar-refractivity contribution < 1.29 is 4.79 Å². The molecule has 0 spiro atoms. The molecule has 20 heavy (non-hydrogen) atoms. The summed E-state index contributed by atoms with van der Waals surface area (Å²) in [5, 5.41) is 3.31. The number of rotatable bonds is 5. The second-order valence-corrected chi connectivity index (χ2v) is 5.53. The Morgan fingerprint density at radius 3 is 2.70 bits per heavy atom. The van der Waals surface area contributed by atoms with Crippen LogP contribution in [0.15, 0.2) is 24.3 Å². The molecule has 1 amide bonds. The van der Waals surface area contributed by atoms with Crippen molar-refractivity contribution in [2.75, 3.05) is 25.0 Å². The van der Waals surface area contributed by atoms with Crippen LogP contribution < -0.4 is 16.0 Å². The number of benzene rings is 1. The number of anilines is 1. The van der Waals surface area contributed by atoms with Crippen LogP contribution in [0.25, 0.3) is 0 Å². The van der Waals surface area contributed by atoms with E-state index in [1.807, 2.05) is 7.05 Å². The Labute approximate surface area is 121 Å². The molecule has 2 rings (SSSR count). The first kappa shape index (κ1) is 14.9. The van der Waals surface area contributed by atoms with Crippen LogP contribution in [-0.4, -0.2) is 26.0 Å². The van der Waals surface area contributed by atoms with Gasteiger partial charge in [-0.3, -0.25) is 4.79 Å². The lowest BCUT2D eigenvalue weighted by Gasteiger charge is -2.33. The summed E-state index contributed by atoms with van der Waals surface area (Å²) in [6.45, 7) is 3.93. The maximum absolute atomic E-state index is 11.3. The number of hydrogen-bond acceptors (Lipinski definition) is 3. The van der Waals surface area contributed by atoms with Crippen LogP contribution in [0.5, 0.6) is 0 Å². The van der Waals surface area contributed by atoms with Crippen LogP contribution >= 0.6 is 0 Å². The molecule has 4 heteroatoms. The van der Waals surface area contributed by atoms with Gasteiger partial charge in [0.15, 0.2) is 0 Å². The molecule has 0 aliphatic carbocycles. The molecule has 0 aromatic heterocycles. The lowest BCUT2D eigenvalue weighted by Crippen LogP contribution is -2.41. The zero-order chi connectivity index (χ0) is 14.5. The molecule has 0 radical (unpaired) electrons. The first-order chi connectivity index (χ1) is 9.65. The fourth-order valence-electron chi connectivity index (χ4n) is 2.97. The molecule has 4 nitrogen and oxygen atoms in total. The molecule has 1 aliphatic rings. The second kappa shape index (κ2) is 6.75. The zero-order valence-electron chi connectivity index (χ0n) is 12.4. The van der Waals surface area contributed by atoms with Crippen molar-refractivity contribution in [3.05, 3.63) is 29.8 Å². The normalized spacial score (nSPS) is 20.7. The van der Waals surface area contributed by atoms with Gasteiger partial charge in [-0.1, -0.05) is 19.1 Å². The molecule has 2 unspecified atom stereocenters. The Morgan fingerprint density at radius 2 is 2.15 bits per heavy atom. The zero-order valence-corrected chi connectivity index (χ0v) is 12.4. The molecule has 1 aromatic rings. The van der Waals surface area contributed by atoms with Gasteiger partial charge in [0, 0.05) is 24.8 Å². The summed E-state index contributed by atoms with van der Waals surface area (Å²) in [5.74, 6) is -0.184. The van der Waals surface area contributed by atoms with Gasteiger partial charge < -0.3 is 16.0 Å². The van der Waals surface area contributed by atoms with E-state index in [9.17, 15) is 4.79 Å². The highest BCUT2D eigenvalue weighted by Crippen LogP contribution is 2.25. The summed E-state index contributed by atoms with van der Waals surface area (Å²) in [4.78, 5) is 13.6. The number of hydrogen-bond donors (Lipinski definition) is 2. The lowest BCUT2D eigenvalue weighted by atomic mass is 9.96. The highest BCUT2D eigenvalue weighted by Gasteiger charge is 2.24. The van der Waals surface area contributed by atoms with E-state index in [-0.39, 0.29) is 11.8 Å². The van der Waals surface area contributed by atoms with Crippen molar-refractivity contribution in [2.24, 2.45) is 11.7 Å². The lowest BCUT2D eigenvalue weighted by molar-refractivity contribution is -0.122. The minimum absolute atomic E-state index is 0.0101. The Bertz CT molecular complexity index is 440. The van der Waals surface area contributed by atoms with Crippen molar-refractivity contribution in [1.29, 1.82) is 0 Å². The minimum atomic E-state index is -0.174. The van der Waals surface area contributed by atoms with Crippen LogP contribution in [-0.2, 0) is 4.79 Å². The van der Waals surface area contributed by atoms with Crippen LogP contribution in [0.3, 0.4) is 0 Å². The van der Waals surface area contributed by atoms with Crippen LogP contribution in [0.2, 0.25) is 0 Å². The molecule has 1 heterocycles. The quantitative estimate of drug-likeness (QED) is 0.865. The topological polar surface area (TPSA) is 58.4 Å². The number of amides is 1. The largest absolute Gasteiger partial charge is 0.371 e. The maximum atomic E-state index is 11.3. The van der Waals surface area contributed by atoms with Gasteiger partial charge in [0.25, 0.3) is 0 Å². The van der Waals surface area contributed by atoms with Gasteiger partial charge in [-0.05, 0) is 44.0 Å². The summed E-state index contributed by atoms with van der Waals surface area (Å²) < 4.78 is 0. The fourth-order valence-corrected chi connectivity index (χ4v) is 2.97. The highest BCUT2D eigenvalue weighted by molar-refractivity contribution is 5.77. The van der Waals surface area contributed by atoms with Crippen LogP contribution in [0, 0.1) is 5.92 Å². The second-order valence-electron chi connectivity index (χ2n) is 5.53. The van der Waals surface area contributed by atoms with Gasteiger partial charge >= 0.3 is 0 Å². The van der Waals surface area contributed by atoms with Crippen molar-refractivity contribution in [2.45, 2.75) is 32.2 Å². The molecule has 2 atom stereocenters. The molecule has 1 aliphatic heterocycles. The number of carbonyl (C=O) groups is 1. The van der Waals surface area contributed by atoms with Gasteiger partial charge in [0.1, 0.15) is 0 Å². The molecule has 1 aromatic carbocycles. The third-order valence-corrected chi connectivity index (χ3v) is 4.24. The Balaban J connectivity index is 2.07. The summed E-state index contributed by atoms with van der Waals surface area (Å²) in [7, 11) is 1.99. The van der Waals surface area contributed by atoms with Crippen LogP contribution in [0.1, 0.15) is 37.8 Å². The van der Waals surface area contributed by atoms with Gasteiger partial charge in [-0.2, -0.15) is 0 Å². The standard InChI is InChI=1S/C16H25N3O/c1-3-15(18-2)12-6-8-14(9-7-12)19-10-4-5-13(11-19)16(17)20/h6-9,13,15,18H,3-5,10-11H2,1-2H3,(H2,17,20). The van der Waals surface area contributed by atoms with Gasteiger partial charge in [0.2, 0.25) is 5.91 Å². The van der Waals surface area contributed by atoms with Gasteiger partial charge in [-0.15, -0.1) is 0 Å². The van der Waals surface area contributed by atoms with Gasteiger partial charge in [0.05, 0.1) is 5.92 Å². The summed E-state index contributed by atoms with van der Waals surface area (Å²) in [6.07, 6.45) is 3.02. The van der Waals surface area contributed by atoms with Crippen LogP contribution in [0.4, 0.5) is 5.69 Å². The first-order valence-corrected chi connectivity index (χ1v) is 7.47. The average Bonchev–Trinajstić information content (AvgIpc) is 2.49. The molecule has 0 saturated carbocycles. The van der Waals surface area contributed by atoms with E-state index in [2.05, 4.69) is 41.4 Å². The van der Waals surface area contributed by atoms with Gasteiger partial charge in [-0.25, -0.2) is 0 Å². The van der Waals surface area contributed by atoms with E-state index < -0.39 is 0 Å². The van der Waals surface area contributed by atoms with E-state index in [0.29, 0.717) is 6.04 Å². The summed E-state index contributed by atoms with van der Waals surface area (Å²) in [6, 6.07) is 9.06. The molecule has 1 saturated heterocycles. The highest BCUT2D eigenvalue weighted by atomic mass is 16.1. The molecular formula is C16H25N3O. The third kappa shape index (κ3) is 3.31. The summed E-state index contributed by atoms with van der Waals surface area (Å²) in [5.41, 5.74) is 7.93. The van der Waals surface area contributed by atoms with E-state index in [4.69, 9.17) is 5.73 Å². The molecular weight excluding hydrogens is 250 g/mol. The predicted molar refractivity (Wildman–Crippen MR) is 82.7 cm³/mol. The Hall–Kier alpha value is -1.55. The molecule has 3 N–H and O–H groups in total. The smallest absolute Gasteiger partial charge is 0.222 e. The van der Waals surface area contributed by atoms with Crippen molar-refractivity contribution >= 4 is 11.6 Å². The van der Waals surface area contributed by atoms with E-state index in [1.54, 1.807) is 0 Å². The Morgan fingerprint density at radius 1 is 1.45 bits per heavy atom. The predicted octanol–water partition coefficient (Wildman–Crippen LogP) is 2.06. The number of nitrogens with zero attached hydrogens (tertiary/aromatic N) is 1. The number of primary amides is 1. The molecule has 110 valence electrons. The van der Waals surface area contributed by atoms with Crippen molar-refractivity contribution in [3.63, 3.8) is 0 Å². The van der Waals surface area contributed by atoms with E-state index in [0.717, 1.165) is 32.4 Å². The molecule has 0 bridgehead atoms. The van der Waals surface area contributed by atoms with E-state index >= 15 is 0 Å². The summed E-state index contributed by atoms with van der Waals surface area (Å²) >= 11 is 0. The molecule has 1 fully saturated rings. The number of carbonyl (C=O) groups excluding carboxylic acids is 1. The fraction of sp³-hybridized carbons (Fsp3) is 0.562. The SMILES string of the molecule is CCC(NC)c1ccc(N2CCCC(C(N)=O)C2)cc1. The minimum Gasteiger partial charge on any atom is -0.371 e. The first-order valence-electron chi connectivity index (χ1n) is 7.47. The van der Waals surface area contributed by atoms with Crippen molar-refractivity contribution in [1.82, 2.24) is 5.32 Å². The number of piperidine rings is 1. The Kier molecular flexibility index (Phi) is 5.01. The number of nitrogens with two attached hydrogens (primary N) is 1. The third-order valence-electron chi connectivity index (χ3n) is 4.24. The number of nitrogens with one attached hydrogen (secondary N) is 1. The van der Waals surface area contributed by atoms with E-state index in [1.165, 1.54) is 11.3 Å². The average molecular weight is 275 g/mol. The van der Waals surface area contributed by atoms with Crippen molar-refractivity contribution in [3.8, 4) is 0 Å². The maximum Gasteiger partial charge on any atom is 0.222 e.